The molecule has 2 aromatic carbocycles. The van der Waals surface area contributed by atoms with Gasteiger partial charge in [-0.15, -0.1) is 11.8 Å². The molecule has 4 amide bonds. The van der Waals surface area contributed by atoms with Gasteiger partial charge in [-0.3, -0.25) is 14.5 Å². The molecule has 6 nitrogen and oxygen atoms in total. The van der Waals surface area contributed by atoms with Crippen LogP contribution in [0.2, 0.25) is 0 Å². The molecule has 1 saturated heterocycles. The third-order valence-corrected chi connectivity index (χ3v) is 7.12. The third kappa shape index (κ3) is 3.80. The highest BCUT2D eigenvalue weighted by Gasteiger charge is 2.52. The first-order chi connectivity index (χ1) is 14.9. The first-order valence-corrected chi connectivity index (χ1v) is 11.2. The Morgan fingerprint density at radius 1 is 1.19 bits per heavy atom. The molecule has 162 valence electrons. The summed E-state index contributed by atoms with van der Waals surface area (Å²) in [5.74, 6) is -1.23. The van der Waals surface area contributed by atoms with Crippen LogP contribution in [0.15, 0.2) is 53.4 Å². The minimum absolute atomic E-state index is 0.286. The van der Waals surface area contributed by atoms with Gasteiger partial charge in [0.15, 0.2) is 0 Å². The van der Waals surface area contributed by atoms with Crippen molar-refractivity contribution < 1.29 is 18.8 Å². The van der Waals surface area contributed by atoms with E-state index in [0.717, 1.165) is 21.9 Å². The number of amides is 4. The van der Waals surface area contributed by atoms with Crippen molar-refractivity contribution >= 4 is 35.3 Å². The molecule has 8 heteroatoms. The Morgan fingerprint density at radius 3 is 2.61 bits per heavy atom. The molecule has 2 heterocycles. The van der Waals surface area contributed by atoms with Crippen LogP contribution in [-0.2, 0) is 15.1 Å². The highest BCUT2D eigenvalue weighted by atomic mass is 32.2. The maximum absolute atomic E-state index is 13.4. The van der Waals surface area contributed by atoms with Crippen LogP contribution in [0.5, 0.6) is 0 Å². The Kier molecular flexibility index (Phi) is 5.75. The Bertz CT molecular complexity index is 1030. The van der Waals surface area contributed by atoms with Crippen LogP contribution in [0, 0.1) is 5.82 Å². The topological polar surface area (TPSA) is 69.7 Å². The number of rotatable bonds is 4. The Hall–Kier alpha value is -2.87. The summed E-state index contributed by atoms with van der Waals surface area (Å²) in [4.78, 5) is 42.9. The molecule has 0 spiro atoms. The standard InChI is InChI=1S/C23H24FN3O3S/c1-3-23(16-8-10-17(24)11-9-16)21(29)27(22(30)25-23)14-20(28)26-13-12-15(2)31-19-7-5-4-6-18(19)26/h4-11,15H,3,12-14H2,1-2H3,(H,25,30). The van der Waals surface area contributed by atoms with E-state index in [9.17, 15) is 18.8 Å². The zero-order valence-corrected chi connectivity index (χ0v) is 18.2. The number of para-hydroxylation sites is 1. The second-order valence-corrected chi connectivity index (χ2v) is 9.30. The predicted molar refractivity (Wildman–Crippen MR) is 117 cm³/mol. The van der Waals surface area contributed by atoms with E-state index >= 15 is 0 Å². The number of thioether (sulfide) groups is 1. The maximum Gasteiger partial charge on any atom is 0.325 e. The predicted octanol–water partition coefficient (Wildman–Crippen LogP) is 3.90. The number of imide groups is 1. The smallest absolute Gasteiger partial charge is 0.319 e. The molecule has 0 saturated carbocycles. The van der Waals surface area contributed by atoms with Crippen molar-refractivity contribution in [3.05, 3.63) is 59.9 Å². The lowest BCUT2D eigenvalue weighted by Gasteiger charge is -2.27. The minimum atomic E-state index is -1.30. The van der Waals surface area contributed by atoms with Gasteiger partial charge in [-0.25, -0.2) is 9.18 Å². The summed E-state index contributed by atoms with van der Waals surface area (Å²) in [6.07, 6.45) is 1.09. The first-order valence-electron chi connectivity index (χ1n) is 10.3. The van der Waals surface area contributed by atoms with Gasteiger partial charge in [-0.05, 0) is 42.7 Å². The molecule has 1 N–H and O–H groups in total. The van der Waals surface area contributed by atoms with Crippen molar-refractivity contribution in [3.63, 3.8) is 0 Å². The molecule has 0 aromatic heterocycles. The van der Waals surface area contributed by atoms with Crippen LogP contribution in [-0.4, -0.2) is 41.1 Å². The fourth-order valence-electron chi connectivity index (χ4n) is 4.11. The second kappa shape index (κ2) is 8.34. The average molecular weight is 442 g/mol. The van der Waals surface area contributed by atoms with Crippen LogP contribution in [0.25, 0.3) is 0 Å². The van der Waals surface area contributed by atoms with E-state index in [1.165, 1.54) is 24.3 Å². The fourth-order valence-corrected chi connectivity index (χ4v) is 5.22. The molecule has 2 atom stereocenters. The van der Waals surface area contributed by atoms with Crippen molar-refractivity contribution in [1.29, 1.82) is 0 Å². The normalized spacial score (nSPS) is 23.4. The number of fused-ring (bicyclic) bond motifs is 1. The number of nitrogens with one attached hydrogen (secondary N) is 1. The van der Waals surface area contributed by atoms with Crippen molar-refractivity contribution in [2.75, 3.05) is 18.0 Å². The van der Waals surface area contributed by atoms with Gasteiger partial charge in [0, 0.05) is 16.7 Å². The molecule has 0 radical (unpaired) electrons. The molecule has 2 aliphatic heterocycles. The minimum Gasteiger partial charge on any atom is -0.319 e. The highest BCUT2D eigenvalue weighted by Crippen LogP contribution is 2.38. The Balaban J connectivity index is 1.59. The zero-order valence-electron chi connectivity index (χ0n) is 17.4. The maximum atomic E-state index is 13.4. The second-order valence-electron chi connectivity index (χ2n) is 7.82. The van der Waals surface area contributed by atoms with Gasteiger partial charge in [-0.2, -0.15) is 0 Å². The largest absolute Gasteiger partial charge is 0.325 e. The molecule has 2 aromatic rings. The summed E-state index contributed by atoms with van der Waals surface area (Å²) in [7, 11) is 0. The molecule has 31 heavy (non-hydrogen) atoms. The number of benzene rings is 2. The van der Waals surface area contributed by atoms with E-state index in [4.69, 9.17) is 0 Å². The van der Waals surface area contributed by atoms with Crippen molar-refractivity contribution in [3.8, 4) is 0 Å². The van der Waals surface area contributed by atoms with Crippen molar-refractivity contribution in [2.45, 2.75) is 42.4 Å². The van der Waals surface area contributed by atoms with E-state index in [2.05, 4.69) is 12.2 Å². The highest BCUT2D eigenvalue weighted by molar-refractivity contribution is 8.00. The molecular formula is C23H24FN3O3S. The number of anilines is 1. The average Bonchev–Trinajstić information content (AvgIpc) is 2.89. The van der Waals surface area contributed by atoms with Gasteiger partial charge >= 0.3 is 6.03 Å². The van der Waals surface area contributed by atoms with Gasteiger partial charge < -0.3 is 10.2 Å². The third-order valence-electron chi connectivity index (χ3n) is 5.88. The van der Waals surface area contributed by atoms with Crippen LogP contribution in [0.4, 0.5) is 14.9 Å². The SMILES string of the molecule is CCC1(c2ccc(F)cc2)NC(=O)N(CC(=O)N2CCC(C)Sc3ccccc32)C1=O. The Morgan fingerprint density at radius 2 is 1.90 bits per heavy atom. The number of hydrogen-bond acceptors (Lipinski definition) is 4. The fraction of sp³-hybridized carbons (Fsp3) is 0.348. The van der Waals surface area contributed by atoms with Crippen LogP contribution in [0.1, 0.15) is 32.3 Å². The molecule has 1 fully saturated rings. The number of urea groups is 1. The number of halogens is 1. The van der Waals surface area contributed by atoms with Crippen molar-refractivity contribution in [2.24, 2.45) is 0 Å². The lowest BCUT2D eigenvalue weighted by molar-refractivity contribution is -0.134. The lowest BCUT2D eigenvalue weighted by atomic mass is 9.87. The van der Waals surface area contributed by atoms with E-state index in [-0.39, 0.29) is 18.9 Å². The lowest BCUT2D eigenvalue weighted by Crippen LogP contribution is -2.46. The van der Waals surface area contributed by atoms with E-state index in [1.807, 2.05) is 24.3 Å². The summed E-state index contributed by atoms with van der Waals surface area (Å²) in [5.41, 5.74) is -0.00389. The van der Waals surface area contributed by atoms with Crippen molar-refractivity contribution in [1.82, 2.24) is 10.2 Å². The molecule has 0 aliphatic carbocycles. The molecular weight excluding hydrogens is 417 g/mol. The van der Waals surface area contributed by atoms with E-state index < -0.39 is 23.3 Å². The van der Waals surface area contributed by atoms with Crippen LogP contribution < -0.4 is 10.2 Å². The molecule has 2 unspecified atom stereocenters. The molecule has 2 aliphatic rings. The zero-order chi connectivity index (χ0) is 22.2. The van der Waals surface area contributed by atoms with E-state index in [1.54, 1.807) is 23.6 Å². The van der Waals surface area contributed by atoms with Gasteiger partial charge in [0.25, 0.3) is 5.91 Å². The Labute approximate surface area is 184 Å². The number of carbonyl (C=O) groups excluding carboxylic acids is 3. The monoisotopic (exact) mass is 441 g/mol. The number of carbonyl (C=O) groups is 3. The van der Waals surface area contributed by atoms with Gasteiger partial charge in [-0.1, -0.05) is 38.1 Å². The summed E-state index contributed by atoms with van der Waals surface area (Å²) >= 11 is 1.72. The molecule has 0 bridgehead atoms. The van der Waals surface area contributed by atoms with Gasteiger partial charge in [0.1, 0.15) is 17.9 Å². The summed E-state index contributed by atoms with van der Waals surface area (Å²) < 4.78 is 13.4. The first kappa shape index (κ1) is 21.4. The number of hydrogen-bond donors (Lipinski definition) is 1. The summed E-state index contributed by atoms with van der Waals surface area (Å²) in [6, 6.07) is 12.6. The van der Waals surface area contributed by atoms with Gasteiger partial charge in [0.05, 0.1) is 5.69 Å². The summed E-state index contributed by atoms with van der Waals surface area (Å²) in [5, 5.41) is 3.09. The van der Waals surface area contributed by atoms with Gasteiger partial charge in [0.2, 0.25) is 5.91 Å². The van der Waals surface area contributed by atoms with Crippen LogP contribution in [0.3, 0.4) is 0 Å². The van der Waals surface area contributed by atoms with Crippen LogP contribution >= 0.6 is 11.8 Å². The molecule has 4 rings (SSSR count). The number of nitrogens with zero attached hydrogens (tertiary/aromatic N) is 2. The quantitative estimate of drug-likeness (QED) is 0.731. The van der Waals surface area contributed by atoms with E-state index in [0.29, 0.717) is 17.4 Å². The summed E-state index contributed by atoms with van der Waals surface area (Å²) in [6.45, 7) is 4.06.